The molecule has 0 radical (unpaired) electrons. The first kappa shape index (κ1) is 14.1. The normalized spacial score (nSPS) is 23.3. The molecular formula is C16H23NO2. The SMILES string of the molecule is COc1cccc(C2=CCC(O)(CN(C)C)CC2)c1. The fourth-order valence-electron chi connectivity index (χ4n) is 2.70. The van der Waals surface area contributed by atoms with E-state index in [-0.39, 0.29) is 0 Å². The highest BCUT2D eigenvalue weighted by Crippen LogP contribution is 2.34. The van der Waals surface area contributed by atoms with Gasteiger partial charge in [-0.15, -0.1) is 0 Å². The second-order valence-corrected chi connectivity index (χ2v) is 5.63. The van der Waals surface area contributed by atoms with Crippen molar-refractivity contribution in [1.82, 2.24) is 4.90 Å². The van der Waals surface area contributed by atoms with Crippen LogP contribution in [0.3, 0.4) is 0 Å². The molecule has 0 saturated heterocycles. The van der Waals surface area contributed by atoms with Crippen LogP contribution in [0.4, 0.5) is 0 Å². The molecule has 1 unspecified atom stereocenters. The molecular weight excluding hydrogens is 238 g/mol. The first-order valence-electron chi connectivity index (χ1n) is 6.73. The summed E-state index contributed by atoms with van der Waals surface area (Å²) in [4.78, 5) is 2.05. The summed E-state index contributed by atoms with van der Waals surface area (Å²) in [6.45, 7) is 0.717. The van der Waals surface area contributed by atoms with E-state index in [0.29, 0.717) is 0 Å². The lowest BCUT2D eigenvalue weighted by atomic mass is 9.83. The monoisotopic (exact) mass is 261 g/mol. The maximum atomic E-state index is 10.5. The topological polar surface area (TPSA) is 32.7 Å². The van der Waals surface area contributed by atoms with E-state index < -0.39 is 5.60 Å². The van der Waals surface area contributed by atoms with Gasteiger partial charge < -0.3 is 14.7 Å². The Morgan fingerprint density at radius 2 is 2.16 bits per heavy atom. The van der Waals surface area contributed by atoms with Crippen molar-refractivity contribution in [2.45, 2.75) is 24.9 Å². The number of hydrogen-bond acceptors (Lipinski definition) is 3. The summed E-state index contributed by atoms with van der Waals surface area (Å²) < 4.78 is 5.26. The highest BCUT2D eigenvalue weighted by molar-refractivity contribution is 5.67. The van der Waals surface area contributed by atoms with Crippen molar-refractivity contribution in [3.05, 3.63) is 35.9 Å². The lowest BCUT2D eigenvalue weighted by Gasteiger charge is -2.34. The minimum absolute atomic E-state index is 0.578. The Balaban J connectivity index is 2.12. The number of benzene rings is 1. The molecule has 0 amide bonds. The molecule has 0 spiro atoms. The molecule has 0 heterocycles. The lowest BCUT2D eigenvalue weighted by molar-refractivity contribution is 0.00905. The van der Waals surface area contributed by atoms with Crippen molar-refractivity contribution < 1.29 is 9.84 Å². The summed E-state index contributed by atoms with van der Waals surface area (Å²) in [5, 5.41) is 10.5. The molecule has 1 aliphatic rings. The zero-order valence-electron chi connectivity index (χ0n) is 12.0. The van der Waals surface area contributed by atoms with Gasteiger partial charge in [-0.05, 0) is 56.6 Å². The molecule has 3 heteroatoms. The Kier molecular flexibility index (Phi) is 4.27. The molecule has 1 atom stereocenters. The first-order chi connectivity index (χ1) is 9.02. The van der Waals surface area contributed by atoms with Gasteiger partial charge in [0, 0.05) is 6.54 Å². The van der Waals surface area contributed by atoms with E-state index in [9.17, 15) is 5.11 Å². The van der Waals surface area contributed by atoms with Gasteiger partial charge in [0.25, 0.3) is 0 Å². The van der Waals surface area contributed by atoms with Crippen molar-refractivity contribution in [1.29, 1.82) is 0 Å². The number of nitrogens with zero attached hydrogens (tertiary/aromatic N) is 1. The summed E-state index contributed by atoms with van der Waals surface area (Å²) in [6.07, 6.45) is 4.62. The smallest absolute Gasteiger partial charge is 0.119 e. The molecule has 2 rings (SSSR count). The third-order valence-corrected chi connectivity index (χ3v) is 3.64. The number of likely N-dealkylation sites (N-methyl/N-ethyl adjacent to an activating group) is 1. The van der Waals surface area contributed by atoms with Crippen molar-refractivity contribution in [2.24, 2.45) is 0 Å². The maximum Gasteiger partial charge on any atom is 0.119 e. The van der Waals surface area contributed by atoms with Crippen LogP contribution in [0.2, 0.25) is 0 Å². The summed E-state index contributed by atoms with van der Waals surface area (Å²) in [7, 11) is 5.68. The van der Waals surface area contributed by atoms with E-state index in [4.69, 9.17) is 4.74 Å². The molecule has 3 nitrogen and oxygen atoms in total. The number of aliphatic hydroxyl groups is 1. The van der Waals surface area contributed by atoms with E-state index in [1.54, 1.807) is 7.11 Å². The average molecular weight is 261 g/mol. The summed E-state index contributed by atoms with van der Waals surface area (Å²) in [6, 6.07) is 8.12. The molecule has 0 fully saturated rings. The number of allylic oxidation sites excluding steroid dienone is 1. The lowest BCUT2D eigenvalue weighted by Crippen LogP contribution is -2.41. The third kappa shape index (κ3) is 3.58. The third-order valence-electron chi connectivity index (χ3n) is 3.64. The maximum absolute atomic E-state index is 10.5. The Morgan fingerprint density at radius 3 is 2.74 bits per heavy atom. The van der Waals surface area contributed by atoms with Crippen LogP contribution in [0.25, 0.3) is 5.57 Å². The second kappa shape index (κ2) is 5.76. The van der Waals surface area contributed by atoms with E-state index in [1.165, 1.54) is 11.1 Å². The molecule has 104 valence electrons. The minimum atomic E-state index is -0.578. The van der Waals surface area contributed by atoms with Crippen LogP contribution in [0.15, 0.2) is 30.3 Å². The van der Waals surface area contributed by atoms with E-state index in [0.717, 1.165) is 31.6 Å². The van der Waals surface area contributed by atoms with Crippen LogP contribution in [0.5, 0.6) is 5.75 Å². The van der Waals surface area contributed by atoms with E-state index >= 15 is 0 Å². The van der Waals surface area contributed by atoms with Crippen molar-refractivity contribution in [3.8, 4) is 5.75 Å². The predicted molar refractivity (Wildman–Crippen MR) is 78.3 cm³/mol. The van der Waals surface area contributed by atoms with Crippen LogP contribution in [0, 0.1) is 0 Å². The molecule has 1 N–H and O–H groups in total. The number of rotatable bonds is 4. The van der Waals surface area contributed by atoms with Crippen molar-refractivity contribution in [3.63, 3.8) is 0 Å². The van der Waals surface area contributed by atoms with Crippen LogP contribution < -0.4 is 4.74 Å². The largest absolute Gasteiger partial charge is 0.497 e. The van der Waals surface area contributed by atoms with Gasteiger partial charge in [-0.1, -0.05) is 18.2 Å². The summed E-state index contributed by atoms with van der Waals surface area (Å²) in [5.41, 5.74) is 1.93. The standard InChI is InChI=1S/C16H23NO2/c1-17(2)12-16(18)9-7-13(8-10-16)14-5-4-6-15(11-14)19-3/h4-7,11,18H,8-10,12H2,1-3H3. The number of methoxy groups -OCH3 is 1. The van der Waals surface area contributed by atoms with Crippen LogP contribution in [-0.4, -0.2) is 43.4 Å². The molecule has 1 aromatic rings. The van der Waals surface area contributed by atoms with Crippen molar-refractivity contribution >= 4 is 5.57 Å². The fraction of sp³-hybridized carbons (Fsp3) is 0.500. The minimum Gasteiger partial charge on any atom is -0.497 e. The van der Waals surface area contributed by atoms with Crippen molar-refractivity contribution in [2.75, 3.05) is 27.7 Å². The molecule has 0 saturated carbocycles. The van der Waals surface area contributed by atoms with Gasteiger partial charge in [0.1, 0.15) is 5.75 Å². The van der Waals surface area contributed by atoms with Gasteiger partial charge in [0.05, 0.1) is 12.7 Å². The Bertz CT molecular complexity index is 468. The Hall–Kier alpha value is -1.32. The summed E-state index contributed by atoms with van der Waals surface area (Å²) >= 11 is 0. The molecule has 19 heavy (non-hydrogen) atoms. The Morgan fingerprint density at radius 1 is 1.37 bits per heavy atom. The first-order valence-corrected chi connectivity index (χ1v) is 6.73. The van der Waals surface area contributed by atoms with Crippen LogP contribution >= 0.6 is 0 Å². The van der Waals surface area contributed by atoms with Gasteiger partial charge in [0.2, 0.25) is 0 Å². The van der Waals surface area contributed by atoms with E-state index in [1.807, 2.05) is 31.1 Å². The van der Waals surface area contributed by atoms with Gasteiger partial charge in [0.15, 0.2) is 0 Å². The highest BCUT2D eigenvalue weighted by atomic mass is 16.5. The molecule has 0 bridgehead atoms. The van der Waals surface area contributed by atoms with Gasteiger partial charge >= 0.3 is 0 Å². The quantitative estimate of drug-likeness (QED) is 0.904. The number of hydrogen-bond donors (Lipinski definition) is 1. The summed E-state index contributed by atoms with van der Waals surface area (Å²) in [5.74, 6) is 0.882. The molecule has 0 aliphatic heterocycles. The van der Waals surface area contributed by atoms with Gasteiger partial charge in [-0.3, -0.25) is 0 Å². The number of ether oxygens (including phenoxy) is 1. The molecule has 1 aromatic carbocycles. The van der Waals surface area contributed by atoms with Crippen LogP contribution in [-0.2, 0) is 0 Å². The Labute approximate surface area is 115 Å². The highest BCUT2D eigenvalue weighted by Gasteiger charge is 2.30. The predicted octanol–water partition coefficient (Wildman–Crippen LogP) is 2.56. The average Bonchev–Trinajstić information content (AvgIpc) is 2.38. The second-order valence-electron chi connectivity index (χ2n) is 5.63. The van der Waals surface area contributed by atoms with Gasteiger partial charge in [-0.2, -0.15) is 0 Å². The fourth-order valence-corrected chi connectivity index (χ4v) is 2.70. The van der Waals surface area contributed by atoms with Crippen LogP contribution in [0.1, 0.15) is 24.8 Å². The van der Waals surface area contributed by atoms with Gasteiger partial charge in [-0.25, -0.2) is 0 Å². The zero-order valence-corrected chi connectivity index (χ0v) is 12.0. The van der Waals surface area contributed by atoms with E-state index in [2.05, 4.69) is 18.2 Å². The zero-order chi connectivity index (χ0) is 13.9. The molecule has 1 aliphatic carbocycles. The molecule has 0 aromatic heterocycles.